The normalized spacial score (nSPS) is 31.4. The summed E-state index contributed by atoms with van der Waals surface area (Å²) in [5, 5.41) is 0. The molecule has 4 nitrogen and oxygen atoms in total. The van der Waals surface area contributed by atoms with Crippen LogP contribution in [0.2, 0.25) is 0 Å². The Morgan fingerprint density at radius 3 is 2.50 bits per heavy atom. The molecule has 1 saturated heterocycles. The molecule has 0 amide bonds. The average Bonchev–Trinajstić information content (AvgIpc) is 2.78. The Morgan fingerprint density at radius 2 is 1.95 bits per heavy atom. The average molecular weight is 282 g/mol. The summed E-state index contributed by atoms with van der Waals surface area (Å²) in [5.41, 5.74) is 0. The minimum Gasteiger partial charge on any atom is -0.466 e. The molecule has 0 spiro atoms. The van der Waals surface area contributed by atoms with Crippen LogP contribution in [0.25, 0.3) is 0 Å². The van der Waals surface area contributed by atoms with Gasteiger partial charge in [0.1, 0.15) is 12.0 Å². The number of ether oxygens (including phenoxy) is 2. The van der Waals surface area contributed by atoms with Crippen LogP contribution < -0.4 is 0 Å². The van der Waals surface area contributed by atoms with Crippen molar-refractivity contribution >= 4 is 11.9 Å². The van der Waals surface area contributed by atoms with Crippen LogP contribution in [0.1, 0.15) is 52.9 Å². The molecular weight excluding hydrogens is 256 g/mol. The first-order valence-electron chi connectivity index (χ1n) is 7.93. The van der Waals surface area contributed by atoms with E-state index in [0.717, 1.165) is 12.8 Å². The highest BCUT2D eigenvalue weighted by atomic mass is 16.6. The molecule has 0 aromatic rings. The lowest BCUT2D eigenvalue weighted by molar-refractivity contribution is -0.153. The molecule has 0 aromatic carbocycles. The van der Waals surface area contributed by atoms with E-state index in [4.69, 9.17) is 9.47 Å². The van der Waals surface area contributed by atoms with Crippen LogP contribution in [-0.2, 0) is 19.1 Å². The summed E-state index contributed by atoms with van der Waals surface area (Å²) in [6, 6.07) is 0. The minimum absolute atomic E-state index is 0.102. The third kappa shape index (κ3) is 2.99. The first-order valence-corrected chi connectivity index (χ1v) is 7.93. The Balaban J connectivity index is 2.20. The van der Waals surface area contributed by atoms with Crippen LogP contribution in [-0.4, -0.2) is 24.6 Å². The SMILES string of the molecule is CCOC(=O)[C@H]1[C@@H](C2CCCCC2)OC(=O)[C@H]1C(C)C. The number of carbonyl (C=O) groups excluding carboxylic acids is 2. The molecule has 20 heavy (non-hydrogen) atoms. The smallest absolute Gasteiger partial charge is 0.313 e. The van der Waals surface area contributed by atoms with Crippen molar-refractivity contribution in [3.63, 3.8) is 0 Å². The highest BCUT2D eigenvalue weighted by molar-refractivity contribution is 5.86. The van der Waals surface area contributed by atoms with Crippen LogP contribution in [0, 0.1) is 23.7 Å². The Bertz CT molecular complexity index is 357. The van der Waals surface area contributed by atoms with Crippen LogP contribution in [0.15, 0.2) is 0 Å². The van der Waals surface area contributed by atoms with Gasteiger partial charge in [-0.3, -0.25) is 9.59 Å². The van der Waals surface area contributed by atoms with Gasteiger partial charge in [0, 0.05) is 0 Å². The molecule has 1 saturated carbocycles. The van der Waals surface area contributed by atoms with Gasteiger partial charge in [-0.05, 0) is 31.6 Å². The van der Waals surface area contributed by atoms with Crippen molar-refractivity contribution in [1.29, 1.82) is 0 Å². The number of rotatable bonds is 4. The van der Waals surface area contributed by atoms with Crippen molar-refractivity contribution in [2.75, 3.05) is 6.61 Å². The molecule has 1 heterocycles. The summed E-state index contributed by atoms with van der Waals surface area (Å²) in [6.45, 7) is 6.10. The lowest BCUT2D eigenvalue weighted by Crippen LogP contribution is -2.37. The van der Waals surface area contributed by atoms with Gasteiger partial charge in [0.2, 0.25) is 0 Å². The first kappa shape index (κ1) is 15.3. The van der Waals surface area contributed by atoms with E-state index in [1.54, 1.807) is 6.92 Å². The molecule has 2 fully saturated rings. The van der Waals surface area contributed by atoms with Crippen LogP contribution in [0.4, 0.5) is 0 Å². The summed E-state index contributed by atoms with van der Waals surface area (Å²) < 4.78 is 10.8. The maximum atomic E-state index is 12.3. The number of hydrogen-bond acceptors (Lipinski definition) is 4. The van der Waals surface area contributed by atoms with Gasteiger partial charge in [-0.25, -0.2) is 0 Å². The summed E-state index contributed by atoms with van der Waals surface area (Å²) in [4.78, 5) is 24.5. The molecule has 1 aliphatic carbocycles. The molecular formula is C16H26O4. The van der Waals surface area contributed by atoms with Gasteiger partial charge >= 0.3 is 11.9 Å². The van der Waals surface area contributed by atoms with Gasteiger partial charge in [0.25, 0.3) is 0 Å². The Labute approximate surface area is 121 Å². The Hall–Kier alpha value is -1.06. The fraction of sp³-hybridized carbons (Fsp3) is 0.875. The Morgan fingerprint density at radius 1 is 1.30 bits per heavy atom. The zero-order valence-electron chi connectivity index (χ0n) is 12.8. The Kier molecular flexibility index (Phi) is 5.06. The molecule has 4 heteroatoms. The van der Waals surface area contributed by atoms with Gasteiger partial charge in [0.15, 0.2) is 0 Å². The second kappa shape index (κ2) is 6.59. The highest BCUT2D eigenvalue weighted by Gasteiger charge is 2.53. The largest absolute Gasteiger partial charge is 0.466 e. The summed E-state index contributed by atoms with van der Waals surface area (Å²) in [6.07, 6.45) is 5.42. The highest BCUT2D eigenvalue weighted by Crippen LogP contribution is 2.42. The number of carbonyl (C=O) groups is 2. The second-order valence-corrected chi connectivity index (χ2v) is 6.35. The van der Waals surface area contributed by atoms with Crippen molar-refractivity contribution in [3.8, 4) is 0 Å². The van der Waals surface area contributed by atoms with Crippen LogP contribution in [0.5, 0.6) is 0 Å². The van der Waals surface area contributed by atoms with Crippen LogP contribution >= 0.6 is 0 Å². The van der Waals surface area contributed by atoms with Gasteiger partial charge < -0.3 is 9.47 Å². The fourth-order valence-corrected chi connectivity index (χ4v) is 3.70. The molecule has 0 N–H and O–H groups in total. The molecule has 0 aromatic heterocycles. The van der Waals surface area contributed by atoms with Gasteiger partial charge in [-0.15, -0.1) is 0 Å². The molecule has 2 rings (SSSR count). The third-order valence-corrected chi connectivity index (χ3v) is 4.66. The van der Waals surface area contributed by atoms with E-state index in [0.29, 0.717) is 12.5 Å². The second-order valence-electron chi connectivity index (χ2n) is 6.35. The van der Waals surface area contributed by atoms with Crippen molar-refractivity contribution in [3.05, 3.63) is 0 Å². The summed E-state index contributed by atoms with van der Waals surface area (Å²) in [5.74, 6) is -0.802. The number of cyclic esters (lactones) is 1. The monoisotopic (exact) mass is 282 g/mol. The molecule has 0 bridgehead atoms. The molecule has 1 aliphatic heterocycles. The molecule has 0 unspecified atom stereocenters. The number of hydrogen-bond donors (Lipinski definition) is 0. The summed E-state index contributed by atoms with van der Waals surface area (Å²) in [7, 11) is 0. The van der Waals surface area contributed by atoms with E-state index in [-0.39, 0.29) is 29.9 Å². The van der Waals surface area contributed by atoms with E-state index < -0.39 is 5.92 Å². The van der Waals surface area contributed by atoms with Crippen LogP contribution in [0.3, 0.4) is 0 Å². The predicted octanol–water partition coefficient (Wildman–Crippen LogP) is 2.94. The zero-order valence-corrected chi connectivity index (χ0v) is 12.8. The topological polar surface area (TPSA) is 52.6 Å². The molecule has 0 radical (unpaired) electrons. The fourth-order valence-electron chi connectivity index (χ4n) is 3.70. The zero-order chi connectivity index (χ0) is 14.7. The minimum atomic E-state index is -0.412. The van der Waals surface area contributed by atoms with E-state index in [9.17, 15) is 9.59 Å². The van der Waals surface area contributed by atoms with Crippen molar-refractivity contribution in [1.82, 2.24) is 0 Å². The van der Waals surface area contributed by atoms with Crippen molar-refractivity contribution < 1.29 is 19.1 Å². The maximum absolute atomic E-state index is 12.3. The van der Waals surface area contributed by atoms with E-state index in [1.807, 2.05) is 13.8 Å². The maximum Gasteiger partial charge on any atom is 0.313 e. The van der Waals surface area contributed by atoms with E-state index in [1.165, 1.54) is 19.3 Å². The molecule has 114 valence electrons. The predicted molar refractivity (Wildman–Crippen MR) is 74.9 cm³/mol. The summed E-state index contributed by atoms with van der Waals surface area (Å²) >= 11 is 0. The van der Waals surface area contributed by atoms with Gasteiger partial charge in [0.05, 0.1) is 12.5 Å². The quantitative estimate of drug-likeness (QED) is 0.744. The van der Waals surface area contributed by atoms with E-state index in [2.05, 4.69) is 0 Å². The van der Waals surface area contributed by atoms with Gasteiger partial charge in [-0.2, -0.15) is 0 Å². The lowest BCUT2D eigenvalue weighted by Gasteiger charge is -2.30. The number of esters is 2. The lowest BCUT2D eigenvalue weighted by atomic mass is 9.75. The molecule has 2 aliphatic rings. The van der Waals surface area contributed by atoms with E-state index >= 15 is 0 Å². The standard InChI is InChI=1S/C16H26O4/c1-4-19-15(17)13-12(10(2)3)16(18)20-14(13)11-8-6-5-7-9-11/h10-14H,4-9H2,1-3H3/t12-,13+,14+/m0/s1. The third-order valence-electron chi connectivity index (χ3n) is 4.66. The first-order chi connectivity index (χ1) is 9.56. The van der Waals surface area contributed by atoms with Gasteiger partial charge in [-0.1, -0.05) is 33.1 Å². The van der Waals surface area contributed by atoms with Crippen molar-refractivity contribution in [2.24, 2.45) is 23.7 Å². The van der Waals surface area contributed by atoms with Crippen molar-refractivity contribution in [2.45, 2.75) is 59.0 Å². The molecule has 3 atom stereocenters.